The van der Waals surface area contributed by atoms with E-state index < -0.39 is 0 Å². The third-order valence-corrected chi connectivity index (χ3v) is 6.66. The number of carbonyl (C=O) groups excluding carboxylic acids is 3. The largest absolute Gasteiger partial charge is 0.493 e. The van der Waals surface area contributed by atoms with E-state index in [9.17, 15) is 14.4 Å². The molecule has 9 nitrogen and oxygen atoms in total. The standard InChI is InChI=1S/C26H25N3O6/c1-33-19-10-15(13-27-29-25(31)22-16-8-9-17(12-16)23(22)26(29)32)11-20(34-2)24(19)35-14-21(30)28-18-6-4-3-5-7-18/h3-11,13,16-17,22-23H,12,14H2,1-2H3,(H,28,30). The van der Waals surface area contributed by atoms with E-state index in [2.05, 4.69) is 10.4 Å². The molecule has 9 heteroatoms. The van der Waals surface area contributed by atoms with Crippen LogP contribution in [0.4, 0.5) is 5.69 Å². The van der Waals surface area contributed by atoms with Crippen LogP contribution in [0.5, 0.6) is 17.2 Å². The van der Waals surface area contributed by atoms with Crippen LogP contribution in [0.2, 0.25) is 0 Å². The minimum Gasteiger partial charge on any atom is -0.493 e. The summed E-state index contributed by atoms with van der Waals surface area (Å²) in [6, 6.07) is 12.3. The van der Waals surface area contributed by atoms with Crippen molar-refractivity contribution in [3.05, 3.63) is 60.2 Å². The monoisotopic (exact) mass is 475 g/mol. The summed E-state index contributed by atoms with van der Waals surface area (Å²) in [4.78, 5) is 38.0. The van der Waals surface area contributed by atoms with Crippen LogP contribution in [0, 0.1) is 23.7 Å². The van der Waals surface area contributed by atoms with Crippen molar-refractivity contribution in [3.63, 3.8) is 0 Å². The molecule has 1 aliphatic heterocycles. The summed E-state index contributed by atoms with van der Waals surface area (Å²) in [6.07, 6.45) is 6.37. The van der Waals surface area contributed by atoms with Gasteiger partial charge in [-0.3, -0.25) is 14.4 Å². The van der Waals surface area contributed by atoms with Gasteiger partial charge in [0.2, 0.25) is 5.75 Å². The molecule has 4 atom stereocenters. The number of allylic oxidation sites excluding steroid dienone is 2. The fraction of sp³-hybridized carbons (Fsp3) is 0.308. The third kappa shape index (κ3) is 4.14. The van der Waals surface area contributed by atoms with Gasteiger partial charge in [0, 0.05) is 11.3 Å². The minimum absolute atomic E-state index is 0.123. The Balaban J connectivity index is 1.30. The molecule has 3 amide bonds. The van der Waals surface area contributed by atoms with E-state index in [4.69, 9.17) is 14.2 Å². The molecule has 35 heavy (non-hydrogen) atoms. The van der Waals surface area contributed by atoms with Crippen molar-refractivity contribution in [1.82, 2.24) is 5.01 Å². The maximum atomic E-state index is 12.8. The van der Waals surface area contributed by atoms with Crippen molar-refractivity contribution in [2.45, 2.75) is 6.42 Å². The van der Waals surface area contributed by atoms with Crippen molar-refractivity contribution in [2.24, 2.45) is 28.8 Å². The molecule has 1 heterocycles. The second-order valence-electron chi connectivity index (χ2n) is 8.69. The number of anilines is 1. The molecule has 4 unspecified atom stereocenters. The number of nitrogens with zero attached hydrogens (tertiary/aromatic N) is 2. The first-order valence-electron chi connectivity index (χ1n) is 11.3. The number of benzene rings is 2. The van der Waals surface area contributed by atoms with Gasteiger partial charge in [-0.1, -0.05) is 30.4 Å². The zero-order valence-electron chi connectivity index (χ0n) is 19.3. The molecule has 2 bridgehead atoms. The number of fused-ring (bicyclic) bond motifs is 5. The number of carbonyl (C=O) groups is 3. The lowest BCUT2D eigenvalue weighted by atomic mass is 9.85. The van der Waals surface area contributed by atoms with Gasteiger partial charge < -0.3 is 19.5 Å². The molecule has 3 aliphatic rings. The maximum Gasteiger partial charge on any atom is 0.262 e. The SMILES string of the molecule is COc1cc(C=NN2C(=O)C3C4C=CC(C4)C3C2=O)cc(OC)c1OCC(=O)Nc1ccccc1. The summed E-state index contributed by atoms with van der Waals surface area (Å²) in [6.45, 7) is -0.259. The first kappa shape index (κ1) is 22.6. The fourth-order valence-corrected chi connectivity index (χ4v) is 5.10. The number of amides is 3. The van der Waals surface area contributed by atoms with Gasteiger partial charge in [0.1, 0.15) is 0 Å². The average Bonchev–Trinajstić information content (AvgIpc) is 3.55. The first-order valence-corrected chi connectivity index (χ1v) is 11.3. The van der Waals surface area contributed by atoms with Gasteiger partial charge in [-0.15, -0.1) is 0 Å². The lowest BCUT2D eigenvalue weighted by Crippen LogP contribution is -2.28. The van der Waals surface area contributed by atoms with Crippen LogP contribution in [-0.2, 0) is 14.4 Å². The fourth-order valence-electron chi connectivity index (χ4n) is 5.10. The number of hydrazone groups is 1. The highest BCUT2D eigenvalue weighted by Crippen LogP contribution is 2.52. The first-order chi connectivity index (χ1) is 17.0. The number of para-hydroxylation sites is 1. The smallest absolute Gasteiger partial charge is 0.262 e. The zero-order chi connectivity index (χ0) is 24.5. The molecular weight excluding hydrogens is 450 g/mol. The second kappa shape index (κ2) is 9.25. The van der Waals surface area contributed by atoms with Crippen molar-refractivity contribution in [1.29, 1.82) is 0 Å². The highest BCUT2D eigenvalue weighted by atomic mass is 16.5. The summed E-state index contributed by atoms with van der Waals surface area (Å²) in [5.74, 6) is -0.338. The quantitative estimate of drug-likeness (QED) is 0.358. The maximum absolute atomic E-state index is 12.8. The molecule has 0 spiro atoms. The molecule has 180 valence electrons. The summed E-state index contributed by atoms with van der Waals surface area (Å²) in [5, 5.41) is 7.93. The Morgan fingerprint density at radius 2 is 1.63 bits per heavy atom. The predicted molar refractivity (Wildman–Crippen MR) is 127 cm³/mol. The van der Waals surface area contributed by atoms with Crippen LogP contribution in [0.1, 0.15) is 12.0 Å². The lowest BCUT2D eigenvalue weighted by Gasteiger charge is -2.15. The number of rotatable bonds is 8. The molecule has 2 aromatic carbocycles. The topological polar surface area (TPSA) is 107 Å². The summed E-state index contributed by atoms with van der Waals surface area (Å²) < 4.78 is 16.6. The number of methoxy groups -OCH3 is 2. The van der Waals surface area contributed by atoms with E-state index in [1.807, 2.05) is 30.4 Å². The molecular formula is C26H25N3O6. The number of imide groups is 1. The summed E-state index contributed by atoms with van der Waals surface area (Å²) >= 11 is 0. The van der Waals surface area contributed by atoms with Gasteiger partial charge in [0.15, 0.2) is 18.1 Å². The van der Waals surface area contributed by atoms with Crippen molar-refractivity contribution in [3.8, 4) is 17.2 Å². The Morgan fingerprint density at radius 3 is 2.20 bits per heavy atom. The number of hydrogen-bond acceptors (Lipinski definition) is 7. The van der Waals surface area contributed by atoms with Crippen LogP contribution < -0.4 is 19.5 Å². The van der Waals surface area contributed by atoms with Gasteiger partial charge in [0.25, 0.3) is 17.7 Å². The Kier molecular flexibility index (Phi) is 5.98. The molecule has 0 aromatic heterocycles. The molecule has 2 fully saturated rings. The predicted octanol–water partition coefficient (Wildman–Crippen LogP) is 2.86. The van der Waals surface area contributed by atoms with Crippen molar-refractivity contribution >= 4 is 29.6 Å². The second-order valence-corrected chi connectivity index (χ2v) is 8.69. The normalized spacial score (nSPS) is 24.2. The van der Waals surface area contributed by atoms with Crippen molar-refractivity contribution < 1.29 is 28.6 Å². The molecule has 2 aromatic rings. The Labute approximate surface area is 202 Å². The van der Waals surface area contributed by atoms with E-state index >= 15 is 0 Å². The highest BCUT2D eigenvalue weighted by molar-refractivity contribution is 6.06. The van der Waals surface area contributed by atoms with Gasteiger partial charge in [0.05, 0.1) is 32.3 Å². The van der Waals surface area contributed by atoms with E-state index in [0.717, 1.165) is 11.4 Å². The van der Waals surface area contributed by atoms with E-state index in [0.29, 0.717) is 22.7 Å². The minimum atomic E-state index is -0.342. The number of ether oxygens (including phenoxy) is 3. The molecule has 1 N–H and O–H groups in total. The van der Waals surface area contributed by atoms with E-state index in [1.165, 1.54) is 20.4 Å². The molecule has 5 rings (SSSR count). The molecule has 1 saturated carbocycles. The number of hydrogen-bond donors (Lipinski definition) is 1. The lowest BCUT2D eigenvalue weighted by molar-refractivity contribution is -0.140. The van der Waals surface area contributed by atoms with E-state index in [-0.39, 0.29) is 53.7 Å². The zero-order valence-corrected chi connectivity index (χ0v) is 19.3. The Morgan fingerprint density at radius 1 is 1.03 bits per heavy atom. The van der Waals surface area contributed by atoms with Gasteiger partial charge in [-0.25, -0.2) is 0 Å². The van der Waals surface area contributed by atoms with Crippen molar-refractivity contribution in [2.75, 3.05) is 26.1 Å². The van der Waals surface area contributed by atoms with Crippen LogP contribution >= 0.6 is 0 Å². The Hall–Kier alpha value is -4.14. The van der Waals surface area contributed by atoms with Crippen LogP contribution in [0.25, 0.3) is 0 Å². The summed E-state index contributed by atoms with van der Waals surface area (Å²) in [5.41, 5.74) is 1.20. The Bertz CT molecular complexity index is 1170. The van der Waals surface area contributed by atoms with Crippen LogP contribution in [0.15, 0.2) is 59.7 Å². The third-order valence-electron chi connectivity index (χ3n) is 6.66. The van der Waals surface area contributed by atoms with Gasteiger partial charge >= 0.3 is 0 Å². The van der Waals surface area contributed by atoms with Gasteiger partial charge in [-0.05, 0) is 42.5 Å². The summed E-state index contributed by atoms with van der Waals surface area (Å²) in [7, 11) is 2.92. The molecule has 0 radical (unpaired) electrons. The van der Waals surface area contributed by atoms with Gasteiger partial charge in [-0.2, -0.15) is 10.1 Å². The van der Waals surface area contributed by atoms with Crippen LogP contribution in [-0.4, -0.2) is 49.8 Å². The van der Waals surface area contributed by atoms with Crippen LogP contribution in [0.3, 0.4) is 0 Å². The molecule has 1 saturated heterocycles. The highest BCUT2D eigenvalue weighted by Gasteiger charge is 2.59. The number of nitrogens with one attached hydrogen (secondary N) is 1. The average molecular weight is 476 g/mol. The van der Waals surface area contributed by atoms with E-state index in [1.54, 1.807) is 24.3 Å². The molecule has 2 aliphatic carbocycles.